The van der Waals surface area contributed by atoms with Gasteiger partial charge in [0.2, 0.25) is 0 Å². The molecule has 0 N–H and O–H groups in total. The quantitative estimate of drug-likeness (QED) is 0.840. The summed E-state index contributed by atoms with van der Waals surface area (Å²) in [7, 11) is 0. The van der Waals surface area contributed by atoms with E-state index < -0.39 is 0 Å². The van der Waals surface area contributed by atoms with Crippen molar-refractivity contribution in [1.29, 1.82) is 0 Å². The highest BCUT2D eigenvalue weighted by molar-refractivity contribution is 7.97. The number of carbonyl (C=O) groups is 1. The van der Waals surface area contributed by atoms with E-state index in [9.17, 15) is 4.79 Å². The normalized spacial score (nSPS) is 22.2. The lowest BCUT2D eigenvalue weighted by molar-refractivity contribution is 0.0592. The molecule has 0 spiro atoms. The minimum Gasteiger partial charge on any atom is -0.451 e. The van der Waals surface area contributed by atoms with Crippen LogP contribution < -0.4 is 0 Å². The topological polar surface area (TPSA) is 33.5 Å². The summed E-state index contributed by atoms with van der Waals surface area (Å²) >= 11 is 1.72. The molecular weight excluding hydrogens is 294 g/mol. The monoisotopic (exact) mass is 317 g/mol. The summed E-state index contributed by atoms with van der Waals surface area (Å²) in [6, 6.07) is 7.94. The highest BCUT2D eigenvalue weighted by Gasteiger charge is 2.30. The van der Waals surface area contributed by atoms with E-state index in [1.807, 2.05) is 29.2 Å². The van der Waals surface area contributed by atoms with E-state index in [1.165, 1.54) is 6.42 Å². The van der Waals surface area contributed by atoms with Crippen LogP contribution in [0.15, 0.2) is 28.7 Å². The molecule has 2 aromatic rings. The molecule has 0 unspecified atom stereocenters. The molecule has 1 aliphatic rings. The van der Waals surface area contributed by atoms with Crippen molar-refractivity contribution in [3.05, 3.63) is 35.6 Å². The van der Waals surface area contributed by atoms with Crippen molar-refractivity contribution < 1.29 is 9.21 Å². The van der Waals surface area contributed by atoms with E-state index in [-0.39, 0.29) is 5.91 Å². The van der Waals surface area contributed by atoms with Gasteiger partial charge in [-0.3, -0.25) is 4.79 Å². The Morgan fingerprint density at radius 3 is 2.64 bits per heavy atom. The smallest absolute Gasteiger partial charge is 0.289 e. The molecule has 0 bridgehead atoms. The van der Waals surface area contributed by atoms with Crippen LogP contribution in [0.4, 0.5) is 0 Å². The molecule has 3 rings (SSSR count). The van der Waals surface area contributed by atoms with E-state index in [1.54, 1.807) is 11.8 Å². The van der Waals surface area contributed by atoms with E-state index in [2.05, 4.69) is 20.1 Å². The number of benzene rings is 1. The van der Waals surface area contributed by atoms with Crippen molar-refractivity contribution >= 4 is 28.6 Å². The molecule has 0 aliphatic carbocycles. The summed E-state index contributed by atoms with van der Waals surface area (Å²) in [6.45, 7) is 6.10. The molecule has 4 heteroatoms. The minimum absolute atomic E-state index is 0.0543. The number of amides is 1. The number of carbonyl (C=O) groups excluding carboxylic acids is 1. The first-order chi connectivity index (χ1) is 10.6. The Kier molecular flexibility index (Phi) is 4.48. The average molecular weight is 317 g/mol. The largest absolute Gasteiger partial charge is 0.451 e. The van der Waals surface area contributed by atoms with Crippen LogP contribution in [0, 0.1) is 11.8 Å². The van der Waals surface area contributed by atoms with E-state index in [0.29, 0.717) is 17.6 Å². The third-order valence-corrected chi connectivity index (χ3v) is 4.91. The van der Waals surface area contributed by atoms with Crippen LogP contribution >= 0.6 is 11.8 Å². The third kappa shape index (κ3) is 2.89. The zero-order valence-electron chi connectivity index (χ0n) is 13.5. The summed E-state index contributed by atoms with van der Waals surface area (Å²) in [5.74, 6) is 2.51. The van der Waals surface area contributed by atoms with Crippen molar-refractivity contribution in [3.8, 4) is 0 Å². The molecule has 1 aromatic heterocycles. The lowest BCUT2D eigenvalue weighted by atomic mass is 9.91. The zero-order chi connectivity index (χ0) is 15.7. The van der Waals surface area contributed by atoms with E-state index in [0.717, 1.165) is 35.4 Å². The lowest BCUT2D eigenvalue weighted by Crippen LogP contribution is -2.42. The van der Waals surface area contributed by atoms with Crippen molar-refractivity contribution in [2.45, 2.75) is 26.0 Å². The fourth-order valence-corrected chi connectivity index (χ4v) is 4.11. The maximum Gasteiger partial charge on any atom is 0.289 e. The fraction of sp³-hybridized carbons (Fsp3) is 0.500. The van der Waals surface area contributed by atoms with Gasteiger partial charge in [-0.2, -0.15) is 11.8 Å². The van der Waals surface area contributed by atoms with Crippen molar-refractivity contribution in [3.63, 3.8) is 0 Å². The van der Waals surface area contributed by atoms with Gasteiger partial charge in [-0.15, -0.1) is 0 Å². The Balaban J connectivity index is 1.97. The van der Waals surface area contributed by atoms with Gasteiger partial charge in [0.25, 0.3) is 5.91 Å². The summed E-state index contributed by atoms with van der Waals surface area (Å²) < 4.78 is 5.93. The Labute approximate surface area is 136 Å². The van der Waals surface area contributed by atoms with Gasteiger partial charge in [-0.1, -0.05) is 32.0 Å². The van der Waals surface area contributed by atoms with Crippen LogP contribution in [-0.2, 0) is 5.75 Å². The molecule has 1 saturated heterocycles. The number of fused-ring (bicyclic) bond motifs is 1. The molecule has 118 valence electrons. The Morgan fingerprint density at radius 1 is 1.27 bits per heavy atom. The molecule has 0 radical (unpaired) electrons. The van der Waals surface area contributed by atoms with Gasteiger partial charge in [0, 0.05) is 29.8 Å². The van der Waals surface area contributed by atoms with Crippen LogP contribution in [0.25, 0.3) is 11.0 Å². The van der Waals surface area contributed by atoms with Gasteiger partial charge in [0.1, 0.15) is 5.58 Å². The molecule has 1 aromatic carbocycles. The summed E-state index contributed by atoms with van der Waals surface area (Å²) in [5, 5.41) is 1.07. The number of para-hydroxylation sites is 1. The van der Waals surface area contributed by atoms with Crippen molar-refractivity contribution in [1.82, 2.24) is 4.90 Å². The lowest BCUT2D eigenvalue weighted by Gasteiger charge is -2.34. The number of thioether (sulfide) groups is 1. The number of likely N-dealkylation sites (tertiary alicyclic amines) is 1. The predicted octanol–water partition coefficient (Wildman–Crippen LogP) is 4.41. The predicted molar refractivity (Wildman–Crippen MR) is 92.3 cm³/mol. The van der Waals surface area contributed by atoms with Crippen LogP contribution in [0.2, 0.25) is 0 Å². The van der Waals surface area contributed by atoms with Gasteiger partial charge >= 0.3 is 0 Å². The molecule has 2 heterocycles. The number of hydrogen-bond donors (Lipinski definition) is 0. The molecule has 2 atom stereocenters. The van der Waals surface area contributed by atoms with Crippen LogP contribution in [0.3, 0.4) is 0 Å². The maximum atomic E-state index is 13.0. The summed E-state index contributed by atoms with van der Waals surface area (Å²) in [6.07, 6.45) is 3.25. The number of rotatable bonds is 3. The number of nitrogens with zero attached hydrogens (tertiary/aromatic N) is 1. The standard InChI is InChI=1S/C18H23NO2S/c1-12-8-13(2)10-19(9-12)18(20)17-15(11-22-3)14-6-4-5-7-16(14)21-17/h4-7,12-13H,8-11H2,1-3H3/t12-,13-/m1/s1. The highest BCUT2D eigenvalue weighted by atomic mass is 32.2. The van der Waals surface area contributed by atoms with Gasteiger partial charge < -0.3 is 9.32 Å². The van der Waals surface area contributed by atoms with Crippen LogP contribution in [0.5, 0.6) is 0 Å². The summed E-state index contributed by atoms with van der Waals surface area (Å²) in [5.41, 5.74) is 1.85. The molecule has 3 nitrogen and oxygen atoms in total. The maximum absolute atomic E-state index is 13.0. The molecular formula is C18H23NO2S. The third-order valence-electron chi connectivity index (χ3n) is 4.34. The first-order valence-corrected chi connectivity index (χ1v) is 9.28. The van der Waals surface area contributed by atoms with E-state index >= 15 is 0 Å². The second-order valence-electron chi connectivity index (χ2n) is 6.50. The van der Waals surface area contributed by atoms with Crippen LogP contribution in [0.1, 0.15) is 36.4 Å². The van der Waals surface area contributed by atoms with E-state index in [4.69, 9.17) is 4.42 Å². The molecule has 1 fully saturated rings. The molecule has 1 amide bonds. The first-order valence-electron chi connectivity index (χ1n) is 7.88. The van der Waals surface area contributed by atoms with Crippen LogP contribution in [-0.4, -0.2) is 30.2 Å². The van der Waals surface area contributed by atoms with Gasteiger partial charge in [0.15, 0.2) is 5.76 Å². The Bertz CT molecular complexity index is 669. The van der Waals surface area contributed by atoms with Gasteiger partial charge in [-0.25, -0.2) is 0 Å². The Morgan fingerprint density at radius 2 is 1.95 bits per heavy atom. The average Bonchev–Trinajstić information content (AvgIpc) is 2.85. The Hall–Kier alpha value is -1.42. The van der Waals surface area contributed by atoms with Crippen molar-refractivity contribution in [2.24, 2.45) is 11.8 Å². The molecule has 22 heavy (non-hydrogen) atoms. The second kappa shape index (κ2) is 6.37. The fourth-order valence-electron chi connectivity index (χ4n) is 3.53. The first kappa shape index (κ1) is 15.5. The highest BCUT2D eigenvalue weighted by Crippen LogP contribution is 2.31. The number of furan rings is 1. The van der Waals surface area contributed by atoms with Crippen molar-refractivity contribution in [2.75, 3.05) is 19.3 Å². The SMILES string of the molecule is CSCc1c(C(=O)N2C[C@H](C)C[C@@H](C)C2)oc2ccccc12. The van der Waals surface area contributed by atoms with Gasteiger partial charge in [-0.05, 0) is 30.6 Å². The van der Waals surface area contributed by atoms with Gasteiger partial charge in [0.05, 0.1) is 0 Å². The summed E-state index contributed by atoms with van der Waals surface area (Å²) in [4.78, 5) is 15.0. The number of hydrogen-bond acceptors (Lipinski definition) is 3. The number of piperidine rings is 1. The zero-order valence-corrected chi connectivity index (χ0v) is 14.3. The molecule has 1 aliphatic heterocycles. The molecule has 0 saturated carbocycles. The minimum atomic E-state index is 0.0543. The second-order valence-corrected chi connectivity index (χ2v) is 7.36.